The first-order valence-electron chi connectivity index (χ1n) is 6.34. The number of H-pyrrole nitrogens is 1. The van der Waals surface area contributed by atoms with Crippen LogP contribution in [0.5, 0.6) is 0 Å². The summed E-state index contributed by atoms with van der Waals surface area (Å²) < 4.78 is 10.6. The molecule has 0 unspecified atom stereocenters. The molecule has 1 aliphatic rings. The number of carbonyl (C=O) groups is 2. The minimum atomic E-state index is -0.119. The third kappa shape index (κ3) is 4.27. The van der Waals surface area contributed by atoms with E-state index in [2.05, 4.69) is 9.88 Å². The number of aromatic nitrogens is 1. The highest BCUT2D eigenvalue weighted by Crippen LogP contribution is 2.03. The molecular formula is C13H18N2O4. The molecule has 6 heteroatoms. The van der Waals surface area contributed by atoms with Gasteiger partial charge in [-0.15, -0.1) is 0 Å². The van der Waals surface area contributed by atoms with Crippen LogP contribution in [-0.4, -0.2) is 68.0 Å². The third-order valence-electron chi connectivity index (χ3n) is 3.04. The highest BCUT2D eigenvalue weighted by Gasteiger charge is 2.11. The zero-order chi connectivity index (χ0) is 13.5. The summed E-state index contributed by atoms with van der Waals surface area (Å²) in [4.78, 5) is 27.2. The Morgan fingerprint density at radius 2 is 2.26 bits per heavy atom. The van der Waals surface area contributed by atoms with E-state index in [-0.39, 0.29) is 12.4 Å². The molecule has 1 N–H and O–H groups in total. The van der Waals surface area contributed by atoms with Crippen molar-refractivity contribution in [3.8, 4) is 0 Å². The van der Waals surface area contributed by atoms with Gasteiger partial charge >= 0.3 is 0 Å². The number of carbonyl (C=O) groups excluding carboxylic acids is 2. The average Bonchev–Trinajstić information content (AvgIpc) is 2.93. The number of aromatic amines is 1. The number of rotatable bonds is 7. The predicted molar refractivity (Wildman–Crippen MR) is 68.6 cm³/mol. The van der Waals surface area contributed by atoms with Gasteiger partial charge in [-0.3, -0.25) is 14.5 Å². The fourth-order valence-electron chi connectivity index (χ4n) is 1.91. The van der Waals surface area contributed by atoms with Crippen molar-refractivity contribution in [3.63, 3.8) is 0 Å². The van der Waals surface area contributed by atoms with Crippen LogP contribution in [-0.2, 0) is 9.47 Å². The number of morpholine rings is 1. The summed E-state index contributed by atoms with van der Waals surface area (Å²) in [5.74, 6) is -0.119. The van der Waals surface area contributed by atoms with Gasteiger partial charge in [0.05, 0.1) is 25.5 Å². The maximum absolute atomic E-state index is 11.7. The van der Waals surface area contributed by atoms with Crippen molar-refractivity contribution in [2.45, 2.75) is 0 Å². The first-order chi connectivity index (χ1) is 9.29. The number of Topliss-reactive ketones (excluding diaryl/α,β-unsaturated/α-hetero) is 1. The van der Waals surface area contributed by atoms with Crippen molar-refractivity contribution < 1.29 is 19.1 Å². The molecule has 0 aromatic carbocycles. The van der Waals surface area contributed by atoms with Gasteiger partial charge in [0.15, 0.2) is 12.1 Å². The molecule has 0 saturated carbocycles. The molecule has 19 heavy (non-hydrogen) atoms. The van der Waals surface area contributed by atoms with E-state index in [9.17, 15) is 9.59 Å². The van der Waals surface area contributed by atoms with Gasteiger partial charge in [0.2, 0.25) is 0 Å². The molecule has 0 bridgehead atoms. The normalized spacial score (nSPS) is 16.4. The van der Waals surface area contributed by atoms with Gasteiger partial charge in [-0.2, -0.15) is 0 Å². The van der Waals surface area contributed by atoms with Crippen LogP contribution in [0.2, 0.25) is 0 Å². The Bertz CT molecular complexity index is 424. The maximum Gasteiger partial charge on any atom is 0.189 e. The van der Waals surface area contributed by atoms with Gasteiger partial charge in [-0.25, -0.2) is 0 Å². The van der Waals surface area contributed by atoms with Gasteiger partial charge in [0, 0.05) is 31.4 Å². The lowest BCUT2D eigenvalue weighted by Crippen LogP contribution is -2.38. The molecule has 2 heterocycles. The molecule has 1 aromatic rings. The fraction of sp³-hybridized carbons (Fsp3) is 0.538. The molecule has 1 fully saturated rings. The Morgan fingerprint density at radius 3 is 2.95 bits per heavy atom. The molecule has 2 rings (SSSR count). The zero-order valence-corrected chi connectivity index (χ0v) is 10.8. The van der Waals surface area contributed by atoms with E-state index >= 15 is 0 Å². The molecule has 0 spiro atoms. The monoisotopic (exact) mass is 266 g/mol. The molecule has 1 aromatic heterocycles. The van der Waals surface area contributed by atoms with E-state index in [0.717, 1.165) is 32.8 Å². The highest BCUT2D eigenvalue weighted by atomic mass is 16.5. The van der Waals surface area contributed by atoms with Crippen molar-refractivity contribution in [2.24, 2.45) is 0 Å². The number of nitrogens with zero attached hydrogens (tertiary/aromatic N) is 1. The first kappa shape index (κ1) is 13.9. The molecule has 6 nitrogen and oxygen atoms in total. The van der Waals surface area contributed by atoms with Crippen LogP contribution in [0.15, 0.2) is 12.3 Å². The predicted octanol–water partition coefficient (Wildman–Crippen LogP) is 0.359. The standard InChI is InChI=1S/C13H18N2O4/c16-9-12-7-11(8-14-12)13(17)10-19-6-3-15-1-4-18-5-2-15/h7-9,14H,1-6,10H2. The Labute approximate surface area is 111 Å². The highest BCUT2D eigenvalue weighted by molar-refractivity contribution is 5.98. The zero-order valence-electron chi connectivity index (χ0n) is 10.8. The Kier molecular flexibility index (Phi) is 5.26. The number of hydrogen-bond acceptors (Lipinski definition) is 5. The number of ether oxygens (including phenoxy) is 2. The molecule has 0 atom stereocenters. The molecule has 0 aliphatic carbocycles. The minimum Gasteiger partial charge on any atom is -0.379 e. The summed E-state index contributed by atoms with van der Waals surface area (Å²) in [6.07, 6.45) is 2.20. The SMILES string of the molecule is O=Cc1cc(C(=O)COCCN2CCOCC2)c[nH]1. The molecule has 0 amide bonds. The second kappa shape index (κ2) is 7.18. The lowest BCUT2D eigenvalue weighted by atomic mass is 10.2. The van der Waals surface area contributed by atoms with E-state index in [1.807, 2.05) is 0 Å². The van der Waals surface area contributed by atoms with E-state index < -0.39 is 0 Å². The first-order valence-corrected chi connectivity index (χ1v) is 6.34. The van der Waals surface area contributed by atoms with Gasteiger partial charge in [-0.1, -0.05) is 0 Å². The second-order valence-corrected chi connectivity index (χ2v) is 4.39. The van der Waals surface area contributed by atoms with Crippen molar-refractivity contribution in [1.82, 2.24) is 9.88 Å². The second-order valence-electron chi connectivity index (χ2n) is 4.39. The van der Waals surface area contributed by atoms with E-state index in [0.29, 0.717) is 24.2 Å². The molecule has 104 valence electrons. The van der Waals surface area contributed by atoms with Crippen LogP contribution < -0.4 is 0 Å². The summed E-state index contributed by atoms with van der Waals surface area (Å²) in [5, 5.41) is 0. The Balaban J connectivity index is 1.64. The molecule has 1 aliphatic heterocycles. The molecule has 0 radical (unpaired) electrons. The van der Waals surface area contributed by atoms with E-state index in [1.165, 1.54) is 12.3 Å². The lowest BCUT2D eigenvalue weighted by Gasteiger charge is -2.26. The third-order valence-corrected chi connectivity index (χ3v) is 3.04. The van der Waals surface area contributed by atoms with Crippen LogP contribution in [0.3, 0.4) is 0 Å². The Morgan fingerprint density at radius 1 is 1.47 bits per heavy atom. The van der Waals surface area contributed by atoms with Crippen LogP contribution in [0.25, 0.3) is 0 Å². The topological polar surface area (TPSA) is 71.6 Å². The summed E-state index contributed by atoms with van der Waals surface area (Å²) in [6.45, 7) is 4.73. The molecular weight excluding hydrogens is 248 g/mol. The largest absolute Gasteiger partial charge is 0.379 e. The number of ketones is 1. The van der Waals surface area contributed by atoms with Crippen molar-refractivity contribution in [3.05, 3.63) is 23.5 Å². The van der Waals surface area contributed by atoms with Gasteiger partial charge in [0.1, 0.15) is 6.61 Å². The van der Waals surface area contributed by atoms with Gasteiger partial charge in [0.25, 0.3) is 0 Å². The Hall–Kier alpha value is -1.50. The number of hydrogen-bond donors (Lipinski definition) is 1. The maximum atomic E-state index is 11.7. The summed E-state index contributed by atoms with van der Waals surface area (Å²) >= 11 is 0. The van der Waals surface area contributed by atoms with E-state index in [4.69, 9.17) is 9.47 Å². The summed E-state index contributed by atoms with van der Waals surface area (Å²) in [6, 6.07) is 1.53. The van der Waals surface area contributed by atoms with Crippen molar-refractivity contribution in [1.29, 1.82) is 0 Å². The molecule has 1 saturated heterocycles. The van der Waals surface area contributed by atoms with Crippen molar-refractivity contribution >= 4 is 12.1 Å². The van der Waals surface area contributed by atoms with E-state index in [1.54, 1.807) is 0 Å². The lowest BCUT2D eigenvalue weighted by molar-refractivity contribution is 0.0208. The van der Waals surface area contributed by atoms with Crippen molar-refractivity contribution in [2.75, 3.05) is 46.1 Å². The van der Waals surface area contributed by atoms with Crippen LogP contribution in [0, 0.1) is 0 Å². The smallest absolute Gasteiger partial charge is 0.189 e. The number of nitrogens with one attached hydrogen (secondary N) is 1. The fourth-order valence-corrected chi connectivity index (χ4v) is 1.91. The summed E-state index contributed by atoms with van der Waals surface area (Å²) in [5.41, 5.74) is 0.880. The minimum absolute atomic E-state index is 0.0422. The van der Waals surface area contributed by atoms with Crippen LogP contribution in [0.1, 0.15) is 20.8 Å². The number of aldehydes is 1. The average molecular weight is 266 g/mol. The summed E-state index contributed by atoms with van der Waals surface area (Å²) in [7, 11) is 0. The van der Waals surface area contributed by atoms with Gasteiger partial charge in [-0.05, 0) is 6.07 Å². The van der Waals surface area contributed by atoms with Crippen LogP contribution in [0.4, 0.5) is 0 Å². The van der Waals surface area contributed by atoms with Crippen LogP contribution >= 0.6 is 0 Å². The quantitative estimate of drug-likeness (QED) is 0.438. The van der Waals surface area contributed by atoms with Gasteiger partial charge < -0.3 is 14.5 Å².